The summed E-state index contributed by atoms with van der Waals surface area (Å²) in [5.41, 5.74) is 4.99. The predicted molar refractivity (Wildman–Crippen MR) is 99.1 cm³/mol. The molecule has 2 aromatic carbocycles. The number of nitrogens with one attached hydrogen (secondary N) is 1. The number of ether oxygens (including phenoxy) is 1. The SMILES string of the molecule is CCC(=S)Nc1cccc(CO)c1COc1ccc(C)cc1C. The summed E-state index contributed by atoms with van der Waals surface area (Å²) >= 11 is 5.27. The van der Waals surface area contributed by atoms with Gasteiger partial charge in [-0.2, -0.15) is 0 Å². The van der Waals surface area contributed by atoms with Crippen LogP contribution in [0.2, 0.25) is 0 Å². The van der Waals surface area contributed by atoms with Crippen LogP contribution in [0.25, 0.3) is 0 Å². The van der Waals surface area contributed by atoms with Crippen molar-refractivity contribution < 1.29 is 9.84 Å². The highest BCUT2D eigenvalue weighted by atomic mass is 32.1. The molecule has 0 saturated carbocycles. The van der Waals surface area contributed by atoms with E-state index in [9.17, 15) is 5.11 Å². The third kappa shape index (κ3) is 4.53. The second kappa shape index (κ2) is 8.09. The fourth-order valence-corrected chi connectivity index (χ4v) is 2.53. The van der Waals surface area contributed by atoms with Crippen LogP contribution < -0.4 is 10.1 Å². The first-order valence-corrected chi connectivity index (χ1v) is 8.17. The Balaban J connectivity index is 2.24. The van der Waals surface area contributed by atoms with Crippen molar-refractivity contribution in [3.63, 3.8) is 0 Å². The summed E-state index contributed by atoms with van der Waals surface area (Å²) in [6.45, 7) is 6.46. The van der Waals surface area contributed by atoms with Gasteiger partial charge < -0.3 is 15.2 Å². The number of benzene rings is 2. The summed E-state index contributed by atoms with van der Waals surface area (Å²) in [6.07, 6.45) is 0.774. The van der Waals surface area contributed by atoms with Gasteiger partial charge in [0.1, 0.15) is 12.4 Å². The molecule has 0 radical (unpaired) electrons. The molecular formula is C19H23NO2S. The zero-order chi connectivity index (χ0) is 16.8. The minimum atomic E-state index is -0.0278. The number of rotatable bonds is 6. The summed E-state index contributed by atoms with van der Waals surface area (Å²) in [5, 5.41) is 12.8. The maximum Gasteiger partial charge on any atom is 0.122 e. The molecule has 0 aromatic heterocycles. The lowest BCUT2D eigenvalue weighted by Gasteiger charge is -2.17. The van der Waals surface area contributed by atoms with Gasteiger partial charge in [0.15, 0.2) is 0 Å². The molecule has 0 amide bonds. The molecule has 2 rings (SSSR count). The van der Waals surface area contributed by atoms with E-state index in [1.54, 1.807) is 0 Å². The van der Waals surface area contributed by atoms with Crippen LogP contribution in [0.3, 0.4) is 0 Å². The van der Waals surface area contributed by atoms with E-state index in [0.29, 0.717) is 6.61 Å². The van der Waals surface area contributed by atoms with Crippen molar-refractivity contribution in [3.05, 3.63) is 58.7 Å². The van der Waals surface area contributed by atoms with E-state index in [0.717, 1.165) is 39.5 Å². The monoisotopic (exact) mass is 329 g/mol. The van der Waals surface area contributed by atoms with Crippen LogP contribution in [0, 0.1) is 13.8 Å². The second-order valence-electron chi connectivity index (χ2n) is 5.56. The number of anilines is 1. The summed E-state index contributed by atoms with van der Waals surface area (Å²) in [6, 6.07) is 11.9. The molecule has 0 aliphatic heterocycles. The first-order valence-electron chi connectivity index (χ1n) is 7.76. The third-order valence-electron chi connectivity index (χ3n) is 3.74. The summed E-state index contributed by atoms with van der Waals surface area (Å²) in [5.74, 6) is 0.854. The molecule has 3 nitrogen and oxygen atoms in total. The zero-order valence-electron chi connectivity index (χ0n) is 13.8. The van der Waals surface area contributed by atoms with E-state index in [1.165, 1.54) is 5.56 Å². The van der Waals surface area contributed by atoms with Crippen LogP contribution in [0.5, 0.6) is 5.75 Å². The maximum absolute atomic E-state index is 9.61. The van der Waals surface area contributed by atoms with E-state index < -0.39 is 0 Å². The Labute approximate surface area is 143 Å². The standard InChI is InChI=1S/C19H23NO2S/c1-4-19(23)20-17-7-5-6-15(11-21)16(17)12-22-18-9-8-13(2)10-14(18)3/h5-10,21H,4,11-12H2,1-3H3,(H,20,23). The van der Waals surface area contributed by atoms with E-state index in [4.69, 9.17) is 17.0 Å². The molecule has 0 heterocycles. The fourth-order valence-electron chi connectivity index (χ4n) is 2.42. The van der Waals surface area contributed by atoms with E-state index in [1.807, 2.05) is 44.2 Å². The van der Waals surface area contributed by atoms with E-state index in [2.05, 4.69) is 18.3 Å². The molecule has 4 heteroatoms. The summed E-state index contributed by atoms with van der Waals surface area (Å²) in [4.78, 5) is 0.771. The smallest absolute Gasteiger partial charge is 0.122 e. The molecular weight excluding hydrogens is 306 g/mol. The molecule has 2 N–H and O–H groups in total. The van der Waals surface area contributed by atoms with Gasteiger partial charge in [0, 0.05) is 11.3 Å². The predicted octanol–water partition coefficient (Wildman–Crippen LogP) is 4.52. The average Bonchev–Trinajstić information content (AvgIpc) is 2.54. The van der Waals surface area contributed by atoms with Crippen LogP contribution >= 0.6 is 12.2 Å². The van der Waals surface area contributed by atoms with Crippen molar-refractivity contribution >= 4 is 22.9 Å². The summed E-state index contributed by atoms with van der Waals surface area (Å²) < 4.78 is 5.98. The van der Waals surface area contributed by atoms with Crippen LogP contribution in [0.4, 0.5) is 5.69 Å². The lowest BCUT2D eigenvalue weighted by molar-refractivity contribution is 0.269. The van der Waals surface area contributed by atoms with Crippen molar-refractivity contribution in [1.82, 2.24) is 0 Å². The molecule has 0 spiro atoms. The lowest BCUT2D eigenvalue weighted by atomic mass is 10.1. The second-order valence-corrected chi connectivity index (χ2v) is 6.05. The Morgan fingerprint density at radius 1 is 1.22 bits per heavy atom. The maximum atomic E-state index is 9.61. The molecule has 0 aliphatic rings. The molecule has 0 atom stereocenters. The Bertz CT molecular complexity index is 698. The lowest BCUT2D eigenvalue weighted by Crippen LogP contribution is -2.12. The van der Waals surface area contributed by atoms with Crippen molar-refractivity contribution in [2.75, 3.05) is 5.32 Å². The van der Waals surface area contributed by atoms with Gasteiger partial charge >= 0.3 is 0 Å². The number of hydrogen-bond acceptors (Lipinski definition) is 3. The molecule has 122 valence electrons. The van der Waals surface area contributed by atoms with Crippen molar-refractivity contribution in [2.24, 2.45) is 0 Å². The average molecular weight is 329 g/mol. The first kappa shape index (κ1) is 17.4. The highest BCUT2D eigenvalue weighted by Gasteiger charge is 2.10. The van der Waals surface area contributed by atoms with Crippen LogP contribution in [-0.2, 0) is 13.2 Å². The first-order chi connectivity index (χ1) is 11.0. The molecule has 0 bridgehead atoms. The van der Waals surface area contributed by atoms with Crippen molar-refractivity contribution in [1.29, 1.82) is 0 Å². The number of aryl methyl sites for hydroxylation is 2. The third-order valence-corrected chi connectivity index (χ3v) is 4.13. The molecule has 0 unspecified atom stereocenters. The van der Waals surface area contributed by atoms with E-state index >= 15 is 0 Å². The van der Waals surface area contributed by atoms with Crippen LogP contribution in [-0.4, -0.2) is 10.1 Å². The van der Waals surface area contributed by atoms with Gasteiger partial charge in [-0.1, -0.05) is 49.0 Å². The Hall–Kier alpha value is -1.91. The topological polar surface area (TPSA) is 41.5 Å². The molecule has 0 saturated heterocycles. The van der Waals surface area contributed by atoms with Gasteiger partial charge in [0.05, 0.1) is 11.6 Å². The van der Waals surface area contributed by atoms with Crippen molar-refractivity contribution in [3.8, 4) is 5.75 Å². The Morgan fingerprint density at radius 2 is 2.00 bits per heavy atom. The Kier molecular flexibility index (Phi) is 6.13. The molecule has 0 aliphatic carbocycles. The number of hydrogen-bond donors (Lipinski definition) is 2. The Morgan fingerprint density at radius 3 is 2.65 bits per heavy atom. The van der Waals surface area contributed by atoms with E-state index in [-0.39, 0.29) is 6.61 Å². The zero-order valence-corrected chi connectivity index (χ0v) is 14.7. The molecule has 23 heavy (non-hydrogen) atoms. The van der Waals surface area contributed by atoms with Crippen LogP contribution in [0.1, 0.15) is 35.6 Å². The fraction of sp³-hybridized carbons (Fsp3) is 0.316. The van der Waals surface area contributed by atoms with Gasteiger partial charge in [-0.05, 0) is 43.5 Å². The minimum Gasteiger partial charge on any atom is -0.489 e. The van der Waals surface area contributed by atoms with Gasteiger partial charge in [-0.15, -0.1) is 0 Å². The largest absolute Gasteiger partial charge is 0.489 e. The van der Waals surface area contributed by atoms with Gasteiger partial charge in [0.25, 0.3) is 0 Å². The van der Waals surface area contributed by atoms with Gasteiger partial charge in [-0.3, -0.25) is 0 Å². The summed E-state index contributed by atoms with van der Waals surface area (Å²) in [7, 11) is 0. The molecule has 2 aromatic rings. The minimum absolute atomic E-state index is 0.0278. The highest BCUT2D eigenvalue weighted by molar-refractivity contribution is 7.80. The van der Waals surface area contributed by atoms with Gasteiger partial charge in [-0.25, -0.2) is 0 Å². The van der Waals surface area contributed by atoms with Crippen molar-refractivity contribution in [2.45, 2.75) is 40.4 Å². The highest BCUT2D eigenvalue weighted by Crippen LogP contribution is 2.25. The normalized spacial score (nSPS) is 10.4. The van der Waals surface area contributed by atoms with Crippen LogP contribution in [0.15, 0.2) is 36.4 Å². The molecule has 0 fully saturated rings. The number of thiocarbonyl (C=S) groups is 1. The van der Waals surface area contributed by atoms with Gasteiger partial charge in [0.2, 0.25) is 0 Å². The quantitative estimate of drug-likeness (QED) is 0.764. The number of aliphatic hydroxyl groups excluding tert-OH is 1. The number of aliphatic hydroxyl groups is 1.